The monoisotopic (exact) mass is 267 g/mol. The Balaban J connectivity index is 3.67. The predicted molar refractivity (Wildman–Crippen MR) is 74.7 cm³/mol. The van der Waals surface area contributed by atoms with Crippen LogP contribution >= 0.6 is 18.6 Å². The van der Waals surface area contributed by atoms with Crippen LogP contribution in [0.3, 0.4) is 0 Å². The molecule has 0 aromatic carbocycles. The van der Waals surface area contributed by atoms with E-state index in [-0.39, 0.29) is 0 Å². The zero-order chi connectivity index (χ0) is 12.6. The lowest BCUT2D eigenvalue weighted by Crippen LogP contribution is -2.37. The molecule has 0 rings (SSSR count). The van der Waals surface area contributed by atoms with Crippen molar-refractivity contribution >= 4 is 18.6 Å². The summed E-state index contributed by atoms with van der Waals surface area (Å²) in [4.78, 5) is 2.46. The molecule has 0 fully saturated rings. The molecule has 16 heavy (non-hydrogen) atoms. The van der Waals surface area contributed by atoms with Gasteiger partial charge in [0.1, 0.15) is 0 Å². The highest BCUT2D eigenvalue weighted by Gasteiger charge is 2.12. The number of hydrogen-bond acceptors (Lipinski definition) is 4. The van der Waals surface area contributed by atoms with E-state index in [1.165, 1.54) is 11.4 Å². The number of nitrogens with zero attached hydrogens (tertiary/aromatic N) is 1. The second kappa shape index (κ2) is 9.52. The first-order valence-corrected chi connectivity index (χ1v) is 9.07. The Hall–Kier alpha value is 0.500. The summed E-state index contributed by atoms with van der Waals surface area (Å²) in [6.07, 6.45) is 1.07. The molecule has 5 heteroatoms. The molecule has 98 valence electrons. The van der Waals surface area contributed by atoms with Crippen LogP contribution in [0.25, 0.3) is 0 Å². The summed E-state index contributed by atoms with van der Waals surface area (Å²) in [7, 11) is -1.83. The van der Waals surface area contributed by atoms with Gasteiger partial charge in [0.15, 0.2) is 0 Å². The Labute approximate surface area is 105 Å². The highest BCUT2D eigenvalue weighted by atomic mass is 32.7. The van der Waals surface area contributed by atoms with Gasteiger partial charge in [-0.1, -0.05) is 11.4 Å². The quantitative estimate of drug-likeness (QED) is 0.471. The van der Waals surface area contributed by atoms with E-state index in [1.807, 2.05) is 6.92 Å². The van der Waals surface area contributed by atoms with Crippen LogP contribution < -0.4 is 0 Å². The van der Waals surface area contributed by atoms with E-state index in [0.29, 0.717) is 18.7 Å². The molecule has 0 aliphatic rings. The Morgan fingerprint density at radius 1 is 1.25 bits per heavy atom. The van der Waals surface area contributed by atoms with Gasteiger partial charge in [-0.05, 0) is 47.6 Å². The lowest BCUT2D eigenvalue weighted by molar-refractivity contribution is 0.176. The Kier molecular flexibility index (Phi) is 9.82. The molecule has 0 N–H and O–H groups in total. The second-order valence-electron chi connectivity index (χ2n) is 4.31. The Bertz CT molecular complexity index is 192. The highest BCUT2D eigenvalue weighted by molar-refractivity contribution is 8.50. The predicted octanol–water partition coefficient (Wildman–Crippen LogP) is 3.65. The van der Waals surface area contributed by atoms with Crippen molar-refractivity contribution < 1.29 is 9.09 Å². The van der Waals surface area contributed by atoms with Crippen LogP contribution in [-0.2, 0) is 9.09 Å². The summed E-state index contributed by atoms with van der Waals surface area (Å²) in [5.74, 6) is 0.924. The fourth-order valence-electron chi connectivity index (χ4n) is 1.67. The van der Waals surface area contributed by atoms with Gasteiger partial charge in [0.2, 0.25) is 7.23 Å². The average molecular weight is 267 g/mol. The molecule has 0 aliphatic heterocycles. The minimum atomic E-state index is -1.83. The van der Waals surface area contributed by atoms with E-state index in [9.17, 15) is 4.57 Å². The topological polar surface area (TPSA) is 29.5 Å². The maximum Gasteiger partial charge on any atom is 0.246 e. The maximum atomic E-state index is 11.3. The summed E-state index contributed by atoms with van der Waals surface area (Å²) >= 11 is 1.46. The fraction of sp³-hybridized carbons (Fsp3) is 1.00. The molecule has 0 aromatic heterocycles. The van der Waals surface area contributed by atoms with Crippen LogP contribution in [0.4, 0.5) is 0 Å². The summed E-state index contributed by atoms with van der Waals surface area (Å²) in [5.41, 5.74) is 0. The van der Waals surface area contributed by atoms with Crippen molar-refractivity contribution in [2.45, 2.75) is 53.1 Å². The molecule has 3 nitrogen and oxygen atoms in total. The highest BCUT2D eigenvalue weighted by Crippen LogP contribution is 2.38. The Morgan fingerprint density at radius 2 is 1.81 bits per heavy atom. The standard InChI is InChI=1S/C11H26NO2PS/c1-6-14-15(13)16-9-7-8-12(10(2)3)11(4)5/h10-11,15H,6-9H2,1-5H3. The van der Waals surface area contributed by atoms with Crippen molar-refractivity contribution in [3.63, 3.8) is 0 Å². The van der Waals surface area contributed by atoms with Gasteiger partial charge >= 0.3 is 0 Å². The number of hydrogen-bond donors (Lipinski definition) is 0. The Morgan fingerprint density at radius 3 is 2.25 bits per heavy atom. The van der Waals surface area contributed by atoms with Gasteiger partial charge in [-0.15, -0.1) is 0 Å². The summed E-state index contributed by atoms with van der Waals surface area (Å²) in [5, 5.41) is 0. The number of rotatable bonds is 9. The molecular formula is C11H26NO2PS. The van der Waals surface area contributed by atoms with Crippen LogP contribution in [0.1, 0.15) is 41.0 Å². The smallest absolute Gasteiger partial charge is 0.246 e. The molecular weight excluding hydrogens is 241 g/mol. The summed E-state index contributed by atoms with van der Waals surface area (Å²) in [6, 6.07) is 1.16. The maximum absolute atomic E-state index is 11.3. The second-order valence-corrected chi connectivity index (χ2v) is 7.66. The van der Waals surface area contributed by atoms with Crippen LogP contribution in [0.15, 0.2) is 0 Å². The van der Waals surface area contributed by atoms with Crippen molar-refractivity contribution in [3.05, 3.63) is 0 Å². The van der Waals surface area contributed by atoms with Crippen molar-refractivity contribution in [2.75, 3.05) is 18.9 Å². The first kappa shape index (κ1) is 16.5. The van der Waals surface area contributed by atoms with Gasteiger partial charge < -0.3 is 4.52 Å². The molecule has 0 amide bonds. The summed E-state index contributed by atoms with van der Waals surface area (Å²) < 4.78 is 16.3. The normalized spacial score (nSPS) is 14.0. The lowest BCUT2D eigenvalue weighted by atomic mass is 10.2. The summed E-state index contributed by atoms with van der Waals surface area (Å²) in [6.45, 7) is 12.4. The molecule has 1 unspecified atom stereocenters. The van der Waals surface area contributed by atoms with Crippen molar-refractivity contribution in [1.29, 1.82) is 0 Å². The first-order chi connectivity index (χ1) is 7.49. The van der Waals surface area contributed by atoms with Gasteiger partial charge in [-0.3, -0.25) is 9.46 Å². The molecule has 0 spiro atoms. The molecule has 0 radical (unpaired) electrons. The van der Waals surface area contributed by atoms with Gasteiger partial charge in [-0.2, -0.15) is 0 Å². The molecule has 0 bridgehead atoms. The van der Waals surface area contributed by atoms with Crippen molar-refractivity contribution in [3.8, 4) is 0 Å². The largest absolute Gasteiger partial charge is 0.323 e. The third-order valence-corrected chi connectivity index (χ3v) is 5.30. The minimum Gasteiger partial charge on any atom is -0.323 e. The van der Waals surface area contributed by atoms with E-state index >= 15 is 0 Å². The molecule has 0 heterocycles. The fourth-order valence-corrected chi connectivity index (χ4v) is 3.97. The van der Waals surface area contributed by atoms with E-state index in [2.05, 4.69) is 32.6 Å². The molecule has 0 aromatic rings. The van der Waals surface area contributed by atoms with E-state index in [1.54, 1.807) is 0 Å². The molecule has 1 atom stereocenters. The zero-order valence-electron chi connectivity index (χ0n) is 11.2. The van der Waals surface area contributed by atoms with Crippen molar-refractivity contribution in [2.24, 2.45) is 0 Å². The third kappa shape index (κ3) is 7.72. The van der Waals surface area contributed by atoms with Gasteiger partial charge in [0.05, 0.1) is 6.61 Å². The van der Waals surface area contributed by atoms with Gasteiger partial charge in [-0.25, -0.2) is 0 Å². The minimum absolute atomic E-state index is 0.551. The van der Waals surface area contributed by atoms with Gasteiger partial charge in [0.25, 0.3) is 0 Å². The van der Waals surface area contributed by atoms with E-state index in [0.717, 1.165) is 18.7 Å². The SMILES string of the molecule is CCO[PH](=O)SCCCN(C(C)C)C(C)C. The van der Waals surface area contributed by atoms with E-state index < -0.39 is 7.23 Å². The average Bonchev–Trinajstić information content (AvgIpc) is 2.16. The molecule has 0 aliphatic carbocycles. The molecule has 0 saturated carbocycles. The van der Waals surface area contributed by atoms with Crippen LogP contribution in [0, 0.1) is 0 Å². The van der Waals surface area contributed by atoms with Crippen LogP contribution in [-0.4, -0.2) is 35.9 Å². The van der Waals surface area contributed by atoms with Gasteiger partial charge in [0, 0.05) is 17.8 Å². The van der Waals surface area contributed by atoms with Crippen molar-refractivity contribution in [1.82, 2.24) is 4.90 Å². The van der Waals surface area contributed by atoms with Crippen LogP contribution in [0.2, 0.25) is 0 Å². The molecule has 0 saturated heterocycles. The zero-order valence-corrected chi connectivity index (χ0v) is 13.0. The first-order valence-electron chi connectivity index (χ1n) is 6.04. The van der Waals surface area contributed by atoms with Crippen LogP contribution in [0.5, 0.6) is 0 Å². The lowest BCUT2D eigenvalue weighted by Gasteiger charge is -2.30. The van der Waals surface area contributed by atoms with E-state index in [4.69, 9.17) is 4.52 Å². The third-order valence-electron chi connectivity index (χ3n) is 2.37.